The number of nitrogens with zero attached hydrogens (tertiary/aromatic N) is 1. The van der Waals surface area contributed by atoms with Crippen LogP contribution in [-0.4, -0.2) is 30.1 Å². The Kier molecular flexibility index (Phi) is 5.48. The molecule has 5 nitrogen and oxygen atoms in total. The highest BCUT2D eigenvalue weighted by Crippen LogP contribution is 2.22. The average molecular weight is 346 g/mol. The molecule has 1 fully saturated rings. The van der Waals surface area contributed by atoms with Crippen LogP contribution in [0.2, 0.25) is 0 Å². The van der Waals surface area contributed by atoms with Crippen LogP contribution in [0.25, 0.3) is 0 Å². The van der Waals surface area contributed by atoms with E-state index in [1.54, 1.807) is 5.38 Å². The number of hydrogen-bond donors (Lipinski definition) is 1. The first-order chi connectivity index (χ1) is 11.6. The van der Waals surface area contributed by atoms with Crippen LogP contribution in [0.3, 0.4) is 0 Å². The highest BCUT2D eigenvalue weighted by molar-refractivity contribution is 7.09. The van der Waals surface area contributed by atoms with Crippen molar-refractivity contribution in [2.45, 2.75) is 39.4 Å². The summed E-state index contributed by atoms with van der Waals surface area (Å²) in [6.45, 7) is 5.80. The number of amides is 1. The number of carbonyl (C=O) groups excluding carboxylic acids is 1. The van der Waals surface area contributed by atoms with Gasteiger partial charge in [0.2, 0.25) is 0 Å². The molecule has 1 aromatic heterocycles. The molecule has 1 saturated heterocycles. The van der Waals surface area contributed by atoms with Gasteiger partial charge in [0.25, 0.3) is 5.91 Å². The van der Waals surface area contributed by atoms with E-state index in [0.717, 1.165) is 35.8 Å². The summed E-state index contributed by atoms with van der Waals surface area (Å²) in [6, 6.07) is 5.98. The molecule has 6 heteroatoms. The quantitative estimate of drug-likeness (QED) is 0.872. The van der Waals surface area contributed by atoms with Gasteiger partial charge in [0.05, 0.1) is 6.10 Å². The van der Waals surface area contributed by atoms with E-state index in [9.17, 15) is 4.79 Å². The Morgan fingerprint density at radius 3 is 3.12 bits per heavy atom. The number of nitrogens with one attached hydrogen (secondary N) is 1. The fraction of sp³-hybridized carbons (Fsp3) is 0.444. The number of carbonyl (C=O) groups is 1. The molecule has 0 spiro atoms. The third kappa shape index (κ3) is 4.13. The monoisotopic (exact) mass is 346 g/mol. The molecule has 0 saturated carbocycles. The van der Waals surface area contributed by atoms with E-state index in [1.807, 2.05) is 19.1 Å². The highest BCUT2D eigenvalue weighted by atomic mass is 32.1. The van der Waals surface area contributed by atoms with Crippen LogP contribution in [0.15, 0.2) is 23.6 Å². The molecule has 1 aliphatic heterocycles. The van der Waals surface area contributed by atoms with Gasteiger partial charge in [-0.2, -0.15) is 0 Å². The second kappa shape index (κ2) is 7.77. The van der Waals surface area contributed by atoms with E-state index >= 15 is 0 Å². The third-order valence-corrected chi connectivity index (χ3v) is 5.03. The molecule has 2 aromatic rings. The number of rotatable bonds is 6. The number of hydrogen-bond acceptors (Lipinski definition) is 5. The smallest absolute Gasteiger partial charge is 0.270 e. The van der Waals surface area contributed by atoms with Crippen molar-refractivity contribution < 1.29 is 14.3 Å². The van der Waals surface area contributed by atoms with Crippen molar-refractivity contribution in [2.24, 2.45) is 0 Å². The summed E-state index contributed by atoms with van der Waals surface area (Å²) in [5, 5.41) is 5.44. The van der Waals surface area contributed by atoms with Crippen LogP contribution >= 0.6 is 11.3 Å². The summed E-state index contributed by atoms with van der Waals surface area (Å²) in [4.78, 5) is 16.5. The van der Waals surface area contributed by atoms with Crippen LogP contribution in [0.5, 0.6) is 5.75 Å². The summed E-state index contributed by atoms with van der Waals surface area (Å²) in [5.41, 5.74) is 2.77. The molecule has 0 radical (unpaired) electrons. The van der Waals surface area contributed by atoms with Crippen LogP contribution in [0.1, 0.15) is 39.5 Å². The topological polar surface area (TPSA) is 60.5 Å². The minimum atomic E-state index is -0.153. The van der Waals surface area contributed by atoms with Gasteiger partial charge >= 0.3 is 0 Å². The highest BCUT2D eigenvalue weighted by Gasteiger charge is 2.18. The summed E-state index contributed by atoms with van der Waals surface area (Å²) in [7, 11) is 0. The normalized spacial score (nSPS) is 17.0. The van der Waals surface area contributed by atoms with Gasteiger partial charge in [0.15, 0.2) is 0 Å². The molecule has 1 aromatic carbocycles. The first-order valence-corrected chi connectivity index (χ1v) is 9.04. The molecule has 1 aliphatic rings. The van der Waals surface area contributed by atoms with E-state index in [1.165, 1.54) is 16.9 Å². The van der Waals surface area contributed by atoms with Gasteiger partial charge in [0.1, 0.15) is 23.1 Å². The van der Waals surface area contributed by atoms with Gasteiger partial charge in [-0.15, -0.1) is 11.3 Å². The first-order valence-electron chi connectivity index (χ1n) is 8.16. The van der Waals surface area contributed by atoms with E-state index in [-0.39, 0.29) is 12.0 Å². The predicted octanol–water partition coefficient (Wildman–Crippen LogP) is 3.25. The Morgan fingerprint density at radius 2 is 2.33 bits per heavy atom. The van der Waals surface area contributed by atoms with Crippen molar-refractivity contribution in [3.8, 4) is 5.75 Å². The lowest BCUT2D eigenvalue weighted by atomic mass is 10.1. The Balaban J connectivity index is 1.53. The molecule has 0 unspecified atom stereocenters. The van der Waals surface area contributed by atoms with Crippen molar-refractivity contribution >= 4 is 17.2 Å². The number of benzene rings is 1. The maximum atomic E-state index is 12.1. The Morgan fingerprint density at radius 1 is 1.46 bits per heavy atom. The fourth-order valence-electron chi connectivity index (χ4n) is 2.60. The number of ether oxygens (including phenoxy) is 2. The summed E-state index contributed by atoms with van der Waals surface area (Å²) in [5.74, 6) is 0.703. The van der Waals surface area contributed by atoms with Gasteiger partial charge in [-0.3, -0.25) is 4.79 Å². The Hall–Kier alpha value is -1.92. The van der Waals surface area contributed by atoms with Crippen molar-refractivity contribution in [1.82, 2.24) is 10.3 Å². The second-order valence-electron chi connectivity index (χ2n) is 5.96. The molecule has 3 rings (SSSR count). The standard InChI is InChI=1S/C18H22N2O3S/c1-12-5-3-7-16(13(12)2)23-10-17-20-15(11-24-17)18(21)19-9-14-6-4-8-22-14/h3,5,7,11,14H,4,6,8-10H2,1-2H3,(H,19,21)/t14-/m1/s1. The van der Waals surface area contributed by atoms with Gasteiger partial charge < -0.3 is 14.8 Å². The number of aromatic nitrogens is 1. The lowest BCUT2D eigenvalue weighted by Crippen LogP contribution is -2.31. The average Bonchev–Trinajstić information content (AvgIpc) is 3.25. The van der Waals surface area contributed by atoms with Crippen LogP contribution < -0.4 is 10.1 Å². The van der Waals surface area contributed by atoms with E-state index in [2.05, 4.69) is 23.3 Å². The van der Waals surface area contributed by atoms with Gasteiger partial charge in [-0.1, -0.05) is 12.1 Å². The van der Waals surface area contributed by atoms with Crippen molar-refractivity contribution in [1.29, 1.82) is 0 Å². The molecular formula is C18H22N2O3S. The predicted molar refractivity (Wildman–Crippen MR) is 93.7 cm³/mol. The molecule has 0 aliphatic carbocycles. The Bertz CT molecular complexity index is 708. The van der Waals surface area contributed by atoms with E-state index in [0.29, 0.717) is 18.8 Å². The Labute approximate surface area is 146 Å². The summed E-state index contributed by atoms with van der Waals surface area (Å²) in [6.07, 6.45) is 2.21. The zero-order valence-electron chi connectivity index (χ0n) is 14.0. The lowest BCUT2D eigenvalue weighted by molar-refractivity contribution is 0.0854. The molecule has 2 heterocycles. The van der Waals surface area contributed by atoms with Crippen molar-refractivity contribution in [3.05, 3.63) is 45.4 Å². The molecule has 1 atom stereocenters. The van der Waals surface area contributed by atoms with E-state index < -0.39 is 0 Å². The van der Waals surface area contributed by atoms with Gasteiger partial charge in [0, 0.05) is 18.5 Å². The molecule has 0 bridgehead atoms. The third-order valence-electron chi connectivity index (χ3n) is 4.20. The SMILES string of the molecule is Cc1cccc(OCc2nc(C(=O)NC[C@H]3CCCO3)cs2)c1C. The number of aryl methyl sites for hydroxylation is 1. The lowest BCUT2D eigenvalue weighted by Gasteiger charge is -2.10. The summed E-state index contributed by atoms with van der Waals surface area (Å²) >= 11 is 1.44. The van der Waals surface area contributed by atoms with Crippen LogP contribution in [0, 0.1) is 13.8 Å². The minimum Gasteiger partial charge on any atom is -0.486 e. The largest absolute Gasteiger partial charge is 0.486 e. The van der Waals surface area contributed by atoms with Crippen LogP contribution in [-0.2, 0) is 11.3 Å². The molecule has 1 amide bonds. The second-order valence-corrected chi connectivity index (χ2v) is 6.90. The fourth-order valence-corrected chi connectivity index (χ4v) is 3.29. The minimum absolute atomic E-state index is 0.139. The molecular weight excluding hydrogens is 324 g/mol. The zero-order valence-corrected chi connectivity index (χ0v) is 14.8. The van der Waals surface area contributed by atoms with E-state index in [4.69, 9.17) is 9.47 Å². The summed E-state index contributed by atoms with van der Waals surface area (Å²) < 4.78 is 11.3. The molecule has 24 heavy (non-hydrogen) atoms. The number of thiazole rings is 1. The van der Waals surface area contributed by atoms with Gasteiger partial charge in [-0.25, -0.2) is 4.98 Å². The van der Waals surface area contributed by atoms with Crippen molar-refractivity contribution in [2.75, 3.05) is 13.2 Å². The first kappa shape index (κ1) is 16.9. The van der Waals surface area contributed by atoms with Crippen molar-refractivity contribution in [3.63, 3.8) is 0 Å². The maximum Gasteiger partial charge on any atom is 0.270 e. The molecule has 128 valence electrons. The van der Waals surface area contributed by atoms with Gasteiger partial charge in [-0.05, 0) is 43.9 Å². The zero-order chi connectivity index (χ0) is 16.9. The maximum absolute atomic E-state index is 12.1. The molecule has 1 N–H and O–H groups in total. The van der Waals surface area contributed by atoms with Crippen LogP contribution in [0.4, 0.5) is 0 Å².